The summed E-state index contributed by atoms with van der Waals surface area (Å²) < 4.78 is 17.5. The normalized spacial score (nSPS) is 51.6. The van der Waals surface area contributed by atoms with Crippen LogP contribution in [-0.2, 0) is 14.2 Å². The van der Waals surface area contributed by atoms with Gasteiger partial charge in [0, 0.05) is 17.8 Å². The topological polar surface area (TPSA) is 129 Å². The molecular weight excluding hydrogens is 356 g/mol. The molecule has 1 saturated carbocycles. The van der Waals surface area contributed by atoms with Crippen molar-refractivity contribution < 1.29 is 39.7 Å². The molecule has 3 aliphatic rings. The summed E-state index contributed by atoms with van der Waals surface area (Å²) in [7, 11) is 0. The molecule has 2 heterocycles. The van der Waals surface area contributed by atoms with Crippen LogP contribution in [0, 0.1) is 11.3 Å². The highest BCUT2D eigenvalue weighted by molar-refractivity contribution is 5.15. The second-order valence-corrected chi connectivity index (χ2v) is 8.72. The quantitative estimate of drug-likeness (QED) is 0.392. The average molecular weight is 388 g/mol. The van der Waals surface area contributed by atoms with E-state index in [-0.39, 0.29) is 17.4 Å². The molecular formula is C19H32O8. The molecule has 2 bridgehead atoms. The van der Waals surface area contributed by atoms with Crippen LogP contribution in [0.3, 0.4) is 0 Å². The maximum Gasteiger partial charge on any atom is 0.186 e. The lowest BCUT2D eigenvalue weighted by Crippen LogP contribution is -2.60. The summed E-state index contributed by atoms with van der Waals surface area (Å²) in [4.78, 5) is 0. The first-order valence-electron chi connectivity index (χ1n) is 9.56. The highest BCUT2D eigenvalue weighted by atomic mass is 16.7. The van der Waals surface area contributed by atoms with Gasteiger partial charge in [0.15, 0.2) is 6.29 Å². The van der Waals surface area contributed by atoms with Crippen molar-refractivity contribution in [3.63, 3.8) is 0 Å². The zero-order valence-corrected chi connectivity index (χ0v) is 16.1. The Kier molecular flexibility index (Phi) is 6.01. The summed E-state index contributed by atoms with van der Waals surface area (Å²) in [6, 6.07) is 0. The maximum absolute atomic E-state index is 10.2. The lowest BCUT2D eigenvalue weighted by Gasteiger charge is -2.47. The van der Waals surface area contributed by atoms with Crippen molar-refractivity contribution in [2.24, 2.45) is 11.3 Å². The third-order valence-corrected chi connectivity index (χ3v) is 6.22. The fourth-order valence-electron chi connectivity index (χ4n) is 4.84. The van der Waals surface area contributed by atoms with Crippen LogP contribution in [0.1, 0.15) is 33.6 Å². The summed E-state index contributed by atoms with van der Waals surface area (Å²) in [5, 5.41) is 49.0. The first-order valence-corrected chi connectivity index (χ1v) is 9.56. The standard InChI is InChI=1S/C19H32O8/c1-10(21)4-5-13-18(2)6-11(7-19(13,3)25-9-18)26-17-16(24)15(23)14(22)12(8-20)27-17/h4-5,10-17,20-24H,6-9H2,1-3H3/b5-4+/t10-,11+,12-,13-,14-,15+,16-,17-,18-,19-/m1/s1. The number of rotatable bonds is 5. The molecule has 0 radical (unpaired) electrons. The van der Waals surface area contributed by atoms with Crippen molar-refractivity contribution in [1.29, 1.82) is 0 Å². The first kappa shape index (κ1) is 21.1. The Hall–Kier alpha value is -0.580. The maximum atomic E-state index is 10.2. The van der Waals surface area contributed by atoms with Crippen molar-refractivity contribution >= 4 is 0 Å². The second kappa shape index (κ2) is 7.68. The van der Waals surface area contributed by atoms with Gasteiger partial charge in [-0.3, -0.25) is 0 Å². The molecule has 0 aromatic carbocycles. The molecule has 0 aromatic heterocycles. The third kappa shape index (κ3) is 3.95. The van der Waals surface area contributed by atoms with E-state index in [0.29, 0.717) is 19.4 Å². The van der Waals surface area contributed by atoms with Crippen molar-refractivity contribution in [2.45, 2.75) is 82.1 Å². The number of aliphatic hydroxyl groups is 5. The molecule has 2 saturated heterocycles. The molecule has 156 valence electrons. The van der Waals surface area contributed by atoms with E-state index < -0.39 is 49.0 Å². The van der Waals surface area contributed by atoms with E-state index >= 15 is 0 Å². The summed E-state index contributed by atoms with van der Waals surface area (Å²) in [6.45, 7) is 5.90. The van der Waals surface area contributed by atoms with Crippen LogP contribution < -0.4 is 0 Å². The SMILES string of the molecule is C[C@@H](O)/C=C/[C@@H]1[C@@]2(C)CO[C@]1(C)C[C@@H](O[C@@H]1O[C@H](CO)[C@@H](O)[C@H](O)[C@H]1O)C2. The van der Waals surface area contributed by atoms with Gasteiger partial charge in [0.25, 0.3) is 0 Å². The number of aliphatic hydroxyl groups excluding tert-OH is 5. The van der Waals surface area contributed by atoms with Crippen LogP contribution in [0.2, 0.25) is 0 Å². The summed E-state index contributed by atoms with van der Waals surface area (Å²) in [5.41, 5.74) is -0.672. The van der Waals surface area contributed by atoms with E-state index in [2.05, 4.69) is 6.92 Å². The Morgan fingerprint density at radius 2 is 1.85 bits per heavy atom. The van der Waals surface area contributed by atoms with Crippen molar-refractivity contribution in [1.82, 2.24) is 0 Å². The summed E-state index contributed by atoms with van der Waals surface area (Å²) >= 11 is 0. The van der Waals surface area contributed by atoms with Crippen LogP contribution in [-0.4, -0.2) is 87.3 Å². The highest BCUT2D eigenvalue weighted by Crippen LogP contribution is 2.55. The monoisotopic (exact) mass is 388 g/mol. The van der Waals surface area contributed by atoms with Gasteiger partial charge in [-0.2, -0.15) is 0 Å². The minimum Gasteiger partial charge on any atom is -0.394 e. The Morgan fingerprint density at radius 1 is 1.15 bits per heavy atom. The second-order valence-electron chi connectivity index (χ2n) is 8.72. The Labute approximate surface area is 159 Å². The molecule has 3 fully saturated rings. The van der Waals surface area contributed by atoms with Gasteiger partial charge in [-0.05, 0) is 20.3 Å². The molecule has 8 heteroatoms. The summed E-state index contributed by atoms with van der Waals surface area (Å²) in [6.07, 6.45) is -2.18. The Bertz CT molecular complexity index is 532. The minimum absolute atomic E-state index is 0.120. The van der Waals surface area contributed by atoms with Crippen LogP contribution in [0.5, 0.6) is 0 Å². The zero-order chi connectivity index (χ0) is 20.0. The van der Waals surface area contributed by atoms with E-state index in [9.17, 15) is 25.5 Å². The molecule has 1 aliphatic carbocycles. The van der Waals surface area contributed by atoms with Gasteiger partial charge in [-0.1, -0.05) is 19.1 Å². The predicted molar refractivity (Wildman–Crippen MR) is 94.6 cm³/mol. The average Bonchev–Trinajstić information content (AvgIpc) is 2.74. The lowest BCUT2D eigenvalue weighted by atomic mass is 9.62. The van der Waals surface area contributed by atoms with Crippen LogP contribution in [0.25, 0.3) is 0 Å². The smallest absolute Gasteiger partial charge is 0.186 e. The molecule has 5 N–H and O–H groups in total. The molecule has 8 nitrogen and oxygen atoms in total. The largest absolute Gasteiger partial charge is 0.394 e. The lowest BCUT2D eigenvalue weighted by molar-refractivity contribution is -0.316. The molecule has 27 heavy (non-hydrogen) atoms. The number of hydrogen-bond acceptors (Lipinski definition) is 8. The van der Waals surface area contributed by atoms with Crippen molar-refractivity contribution in [2.75, 3.05) is 13.2 Å². The van der Waals surface area contributed by atoms with Crippen LogP contribution in [0.15, 0.2) is 12.2 Å². The van der Waals surface area contributed by atoms with Gasteiger partial charge in [0.05, 0.1) is 31.0 Å². The van der Waals surface area contributed by atoms with Gasteiger partial charge >= 0.3 is 0 Å². The third-order valence-electron chi connectivity index (χ3n) is 6.22. The molecule has 0 spiro atoms. The van der Waals surface area contributed by atoms with Gasteiger partial charge in [-0.25, -0.2) is 0 Å². The van der Waals surface area contributed by atoms with Gasteiger partial charge in [0.1, 0.15) is 24.4 Å². The zero-order valence-electron chi connectivity index (χ0n) is 16.1. The van der Waals surface area contributed by atoms with E-state index in [1.807, 2.05) is 13.0 Å². The molecule has 0 amide bonds. The molecule has 0 aromatic rings. The summed E-state index contributed by atoms with van der Waals surface area (Å²) in [5.74, 6) is 0.120. The van der Waals surface area contributed by atoms with Crippen molar-refractivity contribution in [3.8, 4) is 0 Å². The number of fused-ring (bicyclic) bond motifs is 2. The van der Waals surface area contributed by atoms with E-state index in [0.717, 1.165) is 0 Å². The Morgan fingerprint density at radius 3 is 2.44 bits per heavy atom. The van der Waals surface area contributed by atoms with Crippen LogP contribution in [0.4, 0.5) is 0 Å². The van der Waals surface area contributed by atoms with E-state index in [4.69, 9.17) is 14.2 Å². The van der Waals surface area contributed by atoms with Gasteiger partial charge < -0.3 is 39.7 Å². The molecule has 0 unspecified atom stereocenters. The highest BCUT2D eigenvalue weighted by Gasteiger charge is 2.58. The molecule has 10 atom stereocenters. The van der Waals surface area contributed by atoms with Gasteiger partial charge in [0.2, 0.25) is 0 Å². The number of hydrogen-bond donors (Lipinski definition) is 5. The van der Waals surface area contributed by atoms with E-state index in [1.54, 1.807) is 13.0 Å². The first-order chi connectivity index (χ1) is 12.6. The molecule has 3 rings (SSSR count). The fraction of sp³-hybridized carbons (Fsp3) is 0.895. The minimum atomic E-state index is -1.45. The van der Waals surface area contributed by atoms with Crippen molar-refractivity contribution in [3.05, 3.63) is 12.2 Å². The van der Waals surface area contributed by atoms with Crippen LogP contribution >= 0.6 is 0 Å². The predicted octanol–water partition coefficient (Wildman–Crippen LogP) is -0.686. The van der Waals surface area contributed by atoms with E-state index in [1.165, 1.54) is 0 Å². The molecule has 2 aliphatic heterocycles. The number of ether oxygens (including phenoxy) is 3. The fourth-order valence-corrected chi connectivity index (χ4v) is 4.84. The van der Waals surface area contributed by atoms with Gasteiger partial charge in [-0.15, -0.1) is 0 Å². The Balaban J connectivity index is 1.72.